The Bertz CT molecular complexity index is 1150. The Hall–Kier alpha value is -3.50. The number of nitro benzene ring substituents is 1. The van der Waals surface area contributed by atoms with Gasteiger partial charge in [-0.05, 0) is 12.1 Å². The monoisotopic (exact) mass is 644 g/mol. The molecule has 0 radical (unpaired) electrons. The zero-order valence-electron chi connectivity index (χ0n) is 18.9. The minimum Gasteiger partial charge on any atom is -0.497 e. The number of alkyl halides is 17. The van der Waals surface area contributed by atoms with Crippen molar-refractivity contribution in [3.63, 3.8) is 0 Å². The fourth-order valence-electron chi connectivity index (χ4n) is 2.51. The van der Waals surface area contributed by atoms with Gasteiger partial charge in [0.05, 0.1) is 23.7 Å². The van der Waals surface area contributed by atoms with E-state index in [-0.39, 0.29) is 5.75 Å². The van der Waals surface area contributed by atoms with E-state index >= 15 is 0 Å². The van der Waals surface area contributed by atoms with Gasteiger partial charge in [0.2, 0.25) is 0 Å². The molecule has 236 valence electrons. The summed E-state index contributed by atoms with van der Waals surface area (Å²) < 4.78 is 233. The number of ether oxygens (including phenoxy) is 2. The quantitative estimate of drug-likeness (QED) is 0.124. The summed E-state index contributed by atoms with van der Waals surface area (Å²) in [7, 11) is 1.00. The maximum Gasteiger partial charge on any atom is 0.460 e. The van der Waals surface area contributed by atoms with Crippen LogP contribution in [0.2, 0.25) is 0 Å². The number of rotatable bonds is 11. The number of halogens is 17. The molecular weight excluding hydrogens is 635 g/mol. The molecule has 0 aliphatic carbocycles. The summed E-state index contributed by atoms with van der Waals surface area (Å²) in [6.07, 6.45) is -10.9. The van der Waals surface area contributed by atoms with Crippen LogP contribution in [-0.4, -0.2) is 65.9 Å². The molecule has 0 saturated carbocycles. The van der Waals surface area contributed by atoms with Crippen LogP contribution >= 0.6 is 0 Å². The number of benzene rings is 1. The first-order valence-electron chi connectivity index (χ1n) is 9.45. The van der Waals surface area contributed by atoms with Crippen LogP contribution in [0.15, 0.2) is 18.2 Å². The van der Waals surface area contributed by atoms with Crippen molar-refractivity contribution in [3.8, 4) is 5.75 Å². The standard InChI is InChI=1S/C17H9F17N2O5/c1-40-7-3-2-6(8(4-7)36(38)39)5-41-9(37)35-17(33,34)15(28,29)13(24,25)11(20,21)10(18,19)12(22,23)14(26,27)16(30,31)32/h2-4H,5H2,1H3,(H,35,37). The number of nitrogens with zero attached hydrogens (tertiary/aromatic N) is 1. The van der Waals surface area contributed by atoms with Gasteiger partial charge in [-0.15, -0.1) is 0 Å². The molecular formula is C17H9F17N2O5. The van der Waals surface area contributed by atoms with Gasteiger partial charge in [-0.1, -0.05) is 0 Å². The van der Waals surface area contributed by atoms with Gasteiger partial charge in [-0.3, -0.25) is 15.4 Å². The maximum absolute atomic E-state index is 13.8. The summed E-state index contributed by atoms with van der Waals surface area (Å²) in [5.41, 5.74) is -1.75. The third-order valence-corrected chi connectivity index (χ3v) is 4.83. The second kappa shape index (κ2) is 10.4. The van der Waals surface area contributed by atoms with Crippen LogP contribution in [0.4, 0.5) is 85.1 Å². The van der Waals surface area contributed by atoms with Crippen molar-refractivity contribution in [2.24, 2.45) is 0 Å². The molecule has 24 heteroatoms. The fraction of sp³-hybridized carbons (Fsp3) is 0.588. The zero-order valence-corrected chi connectivity index (χ0v) is 18.9. The molecule has 0 heterocycles. The van der Waals surface area contributed by atoms with E-state index in [9.17, 15) is 89.5 Å². The van der Waals surface area contributed by atoms with Gasteiger partial charge in [0.25, 0.3) is 5.69 Å². The lowest BCUT2D eigenvalue weighted by atomic mass is 9.90. The number of hydrogen-bond acceptors (Lipinski definition) is 5. The predicted molar refractivity (Wildman–Crippen MR) is 93.7 cm³/mol. The van der Waals surface area contributed by atoms with Crippen LogP contribution in [0.3, 0.4) is 0 Å². The number of carbonyl (C=O) groups excluding carboxylic acids is 1. The molecule has 1 N–H and O–H groups in total. The Morgan fingerprint density at radius 2 is 1.17 bits per heavy atom. The van der Waals surface area contributed by atoms with E-state index < -0.39 is 81.9 Å². The molecule has 41 heavy (non-hydrogen) atoms. The van der Waals surface area contributed by atoms with Gasteiger partial charge in [-0.25, -0.2) is 4.79 Å². The lowest BCUT2D eigenvalue weighted by Gasteiger charge is -2.42. The van der Waals surface area contributed by atoms with Crippen LogP contribution in [0.25, 0.3) is 0 Å². The van der Waals surface area contributed by atoms with Crippen molar-refractivity contribution in [2.45, 2.75) is 54.4 Å². The molecule has 0 fully saturated rings. The lowest BCUT2D eigenvalue weighted by molar-refractivity contribution is -0.462. The number of nitro groups is 1. The van der Waals surface area contributed by atoms with Gasteiger partial charge < -0.3 is 9.47 Å². The van der Waals surface area contributed by atoms with Gasteiger partial charge in [-0.2, -0.15) is 74.6 Å². The van der Waals surface area contributed by atoms with E-state index in [2.05, 4.69) is 9.47 Å². The van der Waals surface area contributed by atoms with E-state index in [0.29, 0.717) is 12.1 Å². The molecule has 1 rings (SSSR count). The second-order valence-electron chi connectivity index (χ2n) is 7.47. The van der Waals surface area contributed by atoms with Crippen LogP contribution in [0, 0.1) is 10.1 Å². The summed E-state index contributed by atoms with van der Waals surface area (Å²) in [6.45, 7) is -1.54. The number of carbonyl (C=O) groups is 1. The molecule has 0 aliphatic heterocycles. The molecule has 0 saturated heterocycles. The highest BCUT2D eigenvalue weighted by Gasteiger charge is 2.95. The maximum atomic E-state index is 13.8. The molecule has 7 nitrogen and oxygen atoms in total. The van der Waals surface area contributed by atoms with Gasteiger partial charge >= 0.3 is 53.9 Å². The fourth-order valence-corrected chi connectivity index (χ4v) is 2.51. The molecule has 0 unspecified atom stereocenters. The Labute approximate surface area is 213 Å². The Kier molecular flexibility index (Phi) is 9.01. The highest BCUT2D eigenvalue weighted by molar-refractivity contribution is 5.68. The molecule has 0 atom stereocenters. The number of hydrogen-bond donors (Lipinski definition) is 1. The molecule has 0 bridgehead atoms. The SMILES string of the molecule is COc1ccc(COC(=O)NC(F)(F)C(F)(F)C(F)(F)C(F)(F)C(F)(F)C(F)(F)C(F)(F)C(F)(F)F)c([N+](=O)[O-])c1. The summed E-state index contributed by atoms with van der Waals surface area (Å²) in [6, 6.07) is -5.00. The summed E-state index contributed by atoms with van der Waals surface area (Å²) in [4.78, 5) is 21.2. The van der Waals surface area contributed by atoms with E-state index in [1.165, 1.54) is 0 Å². The van der Waals surface area contributed by atoms with Gasteiger partial charge in [0, 0.05) is 0 Å². The first-order valence-corrected chi connectivity index (χ1v) is 9.45. The average Bonchev–Trinajstić information content (AvgIpc) is 2.80. The number of amides is 1. The molecule has 1 aromatic rings. The topological polar surface area (TPSA) is 90.7 Å². The smallest absolute Gasteiger partial charge is 0.460 e. The van der Waals surface area contributed by atoms with Crippen molar-refractivity contribution < 1.29 is 93.8 Å². The Balaban J connectivity index is 3.36. The van der Waals surface area contributed by atoms with E-state index in [1.807, 2.05) is 0 Å². The first-order chi connectivity index (χ1) is 18.0. The highest BCUT2D eigenvalue weighted by Crippen LogP contribution is 2.63. The first kappa shape index (κ1) is 35.5. The third kappa shape index (κ3) is 5.55. The van der Waals surface area contributed by atoms with Crippen LogP contribution in [0.5, 0.6) is 5.75 Å². The van der Waals surface area contributed by atoms with Crippen molar-refractivity contribution in [3.05, 3.63) is 33.9 Å². The minimum absolute atomic E-state index is 0.227. The molecule has 0 aromatic heterocycles. The average molecular weight is 644 g/mol. The van der Waals surface area contributed by atoms with E-state index in [1.54, 1.807) is 0 Å². The van der Waals surface area contributed by atoms with Gasteiger partial charge in [0.1, 0.15) is 12.4 Å². The number of methoxy groups -OCH3 is 1. The highest BCUT2D eigenvalue weighted by atomic mass is 19.4. The second-order valence-corrected chi connectivity index (χ2v) is 7.47. The summed E-state index contributed by atoms with van der Waals surface area (Å²) in [5, 5.41) is 10.4. The third-order valence-electron chi connectivity index (χ3n) is 4.83. The van der Waals surface area contributed by atoms with Crippen LogP contribution in [0.1, 0.15) is 5.56 Å². The lowest BCUT2D eigenvalue weighted by Crippen LogP contribution is -2.75. The van der Waals surface area contributed by atoms with Crippen molar-refractivity contribution in [1.82, 2.24) is 5.32 Å². The molecule has 0 aliphatic rings. The predicted octanol–water partition coefficient (Wildman–Crippen LogP) is 6.80. The van der Waals surface area contributed by atoms with Crippen LogP contribution < -0.4 is 10.1 Å². The van der Waals surface area contributed by atoms with Crippen molar-refractivity contribution >= 4 is 11.8 Å². The number of nitrogens with one attached hydrogen (secondary N) is 1. The van der Waals surface area contributed by atoms with Crippen molar-refractivity contribution in [1.29, 1.82) is 0 Å². The largest absolute Gasteiger partial charge is 0.497 e. The number of alkyl carbamates (subject to hydrolysis) is 1. The molecule has 1 aromatic carbocycles. The zero-order chi connectivity index (χ0) is 32.8. The molecule has 1 amide bonds. The van der Waals surface area contributed by atoms with Gasteiger partial charge in [0.15, 0.2) is 0 Å². The van der Waals surface area contributed by atoms with Crippen LogP contribution in [-0.2, 0) is 11.3 Å². The Morgan fingerprint density at radius 3 is 1.56 bits per heavy atom. The summed E-state index contributed by atoms with van der Waals surface area (Å²) >= 11 is 0. The van der Waals surface area contributed by atoms with Crippen molar-refractivity contribution in [2.75, 3.05) is 7.11 Å². The molecule has 0 spiro atoms. The summed E-state index contributed by atoms with van der Waals surface area (Å²) in [5.74, 6) is -51.6. The van der Waals surface area contributed by atoms with E-state index in [4.69, 9.17) is 0 Å². The Morgan fingerprint density at radius 1 is 0.756 bits per heavy atom. The van der Waals surface area contributed by atoms with E-state index in [0.717, 1.165) is 13.2 Å². The minimum atomic E-state index is -8.82. The normalized spacial score (nSPS) is 14.5.